The fourth-order valence-electron chi connectivity index (χ4n) is 3.57. The number of nitrogens with zero attached hydrogens (tertiary/aromatic N) is 3. The molecule has 6 nitrogen and oxygen atoms in total. The molecule has 0 spiro atoms. The maximum absolute atomic E-state index is 5.93. The Kier molecular flexibility index (Phi) is 7.55. The number of ether oxygens (including phenoxy) is 1. The molecule has 1 saturated heterocycles. The Balaban J connectivity index is 1.39. The van der Waals surface area contributed by atoms with Crippen LogP contribution in [0.4, 0.5) is 5.82 Å². The third-order valence-corrected chi connectivity index (χ3v) is 5.40. The predicted octanol–water partition coefficient (Wildman–Crippen LogP) is 3.59. The van der Waals surface area contributed by atoms with Gasteiger partial charge in [0.2, 0.25) is 0 Å². The number of hydrogen-bond acceptors (Lipinski definition) is 4. The lowest BCUT2D eigenvalue weighted by Gasteiger charge is -2.33. The first kappa shape index (κ1) is 21.9. The van der Waals surface area contributed by atoms with E-state index in [4.69, 9.17) is 4.74 Å². The van der Waals surface area contributed by atoms with Crippen LogP contribution in [-0.4, -0.2) is 50.3 Å². The molecule has 30 heavy (non-hydrogen) atoms. The number of rotatable bonds is 6. The second-order valence-electron chi connectivity index (χ2n) is 8.72. The van der Waals surface area contributed by atoms with Crippen LogP contribution in [-0.2, 0) is 5.41 Å². The van der Waals surface area contributed by atoms with Crippen LogP contribution in [0, 0.1) is 0 Å². The second kappa shape index (κ2) is 10.3. The zero-order valence-electron chi connectivity index (χ0n) is 18.7. The second-order valence-corrected chi connectivity index (χ2v) is 8.72. The number of nitrogens with one attached hydrogen (secondary N) is 2. The van der Waals surface area contributed by atoms with E-state index in [1.807, 2.05) is 31.4 Å². The van der Waals surface area contributed by atoms with E-state index in [1.165, 1.54) is 5.56 Å². The fraction of sp³-hybridized carbons (Fsp3) is 0.500. The van der Waals surface area contributed by atoms with Crippen LogP contribution in [0.2, 0.25) is 0 Å². The maximum Gasteiger partial charge on any atom is 0.191 e. The van der Waals surface area contributed by atoms with E-state index in [0.717, 1.165) is 43.5 Å². The van der Waals surface area contributed by atoms with Crippen LogP contribution in [0.25, 0.3) is 0 Å². The quantitative estimate of drug-likeness (QED) is 0.434. The molecule has 1 aromatic carbocycles. The monoisotopic (exact) mass is 409 g/mol. The lowest BCUT2D eigenvalue weighted by atomic mass is 9.87. The molecule has 0 bridgehead atoms. The molecule has 0 amide bonds. The van der Waals surface area contributed by atoms with Gasteiger partial charge in [0.15, 0.2) is 5.96 Å². The van der Waals surface area contributed by atoms with Gasteiger partial charge in [0.1, 0.15) is 18.2 Å². The number of pyridine rings is 1. The molecule has 3 rings (SSSR count). The summed E-state index contributed by atoms with van der Waals surface area (Å²) in [6.07, 6.45) is 3.98. The molecule has 1 aromatic heterocycles. The Bertz CT molecular complexity index is 808. The summed E-state index contributed by atoms with van der Waals surface area (Å²) in [5.74, 6) is 2.80. The Morgan fingerprint density at radius 2 is 1.97 bits per heavy atom. The van der Waals surface area contributed by atoms with Gasteiger partial charge < -0.3 is 20.3 Å². The van der Waals surface area contributed by atoms with E-state index in [-0.39, 0.29) is 5.41 Å². The van der Waals surface area contributed by atoms with Crippen LogP contribution in [0.1, 0.15) is 39.2 Å². The van der Waals surface area contributed by atoms with Gasteiger partial charge in [-0.25, -0.2) is 4.98 Å². The minimum absolute atomic E-state index is 0.121. The first-order chi connectivity index (χ1) is 14.5. The van der Waals surface area contributed by atoms with Crippen molar-refractivity contribution in [2.24, 2.45) is 4.99 Å². The topological polar surface area (TPSA) is 61.8 Å². The van der Waals surface area contributed by atoms with Gasteiger partial charge in [0.25, 0.3) is 0 Å². The van der Waals surface area contributed by atoms with Crippen molar-refractivity contribution in [3.8, 4) is 5.75 Å². The van der Waals surface area contributed by atoms with Crippen LogP contribution in [0.5, 0.6) is 5.75 Å². The van der Waals surface area contributed by atoms with E-state index in [2.05, 4.69) is 70.5 Å². The highest BCUT2D eigenvalue weighted by Crippen LogP contribution is 2.25. The number of hydrogen-bond donors (Lipinski definition) is 2. The van der Waals surface area contributed by atoms with E-state index >= 15 is 0 Å². The number of guanidine groups is 1. The smallest absolute Gasteiger partial charge is 0.191 e. The van der Waals surface area contributed by atoms with Crippen molar-refractivity contribution in [2.45, 2.75) is 45.1 Å². The van der Waals surface area contributed by atoms with Gasteiger partial charge in [-0.3, -0.25) is 4.99 Å². The van der Waals surface area contributed by atoms with E-state index in [0.29, 0.717) is 19.2 Å². The molecule has 1 fully saturated rings. The molecule has 0 radical (unpaired) electrons. The first-order valence-electron chi connectivity index (χ1n) is 10.8. The van der Waals surface area contributed by atoms with Crippen LogP contribution >= 0.6 is 0 Å². The van der Waals surface area contributed by atoms with Gasteiger partial charge in [-0.1, -0.05) is 39.0 Å². The summed E-state index contributed by atoms with van der Waals surface area (Å²) >= 11 is 0. The fourth-order valence-corrected chi connectivity index (χ4v) is 3.57. The lowest BCUT2D eigenvalue weighted by molar-refractivity contribution is 0.320. The first-order valence-corrected chi connectivity index (χ1v) is 10.8. The van der Waals surface area contributed by atoms with Gasteiger partial charge in [0.05, 0.1) is 6.54 Å². The third kappa shape index (κ3) is 6.37. The molecular formula is C24H35N5O. The van der Waals surface area contributed by atoms with Gasteiger partial charge in [-0.05, 0) is 48.1 Å². The Hall–Kier alpha value is -2.76. The van der Waals surface area contributed by atoms with Gasteiger partial charge in [-0.15, -0.1) is 0 Å². The highest BCUT2D eigenvalue weighted by molar-refractivity contribution is 5.80. The average molecular weight is 410 g/mol. The van der Waals surface area contributed by atoms with Crippen molar-refractivity contribution in [1.29, 1.82) is 0 Å². The van der Waals surface area contributed by atoms with Gasteiger partial charge in [0, 0.05) is 32.4 Å². The average Bonchev–Trinajstić information content (AvgIpc) is 2.76. The molecule has 1 aliphatic rings. The number of aromatic nitrogens is 1. The number of benzene rings is 1. The van der Waals surface area contributed by atoms with E-state index in [9.17, 15) is 0 Å². The van der Waals surface area contributed by atoms with E-state index < -0.39 is 0 Å². The molecule has 2 heterocycles. The summed E-state index contributed by atoms with van der Waals surface area (Å²) in [5.41, 5.74) is 1.40. The molecular weight excluding hydrogens is 374 g/mol. The Labute approximate surface area is 180 Å². The molecule has 162 valence electrons. The minimum Gasteiger partial charge on any atom is -0.492 e. The molecule has 6 heteroatoms. The van der Waals surface area contributed by atoms with Crippen LogP contribution < -0.4 is 20.3 Å². The molecule has 0 saturated carbocycles. The van der Waals surface area contributed by atoms with Crippen LogP contribution in [0.15, 0.2) is 53.7 Å². The lowest BCUT2D eigenvalue weighted by Crippen LogP contribution is -2.49. The highest BCUT2D eigenvalue weighted by Gasteiger charge is 2.20. The van der Waals surface area contributed by atoms with Crippen LogP contribution in [0.3, 0.4) is 0 Å². The molecule has 0 atom stereocenters. The zero-order chi connectivity index (χ0) is 21.4. The molecule has 1 aliphatic heterocycles. The standard InChI is InChI=1S/C24H35N5O/c1-24(2,3)19-8-7-9-21(18-19)30-17-14-27-23(25-4)28-20-11-15-29(16-12-20)22-10-5-6-13-26-22/h5-10,13,18,20H,11-12,14-17H2,1-4H3,(H2,25,27,28). The highest BCUT2D eigenvalue weighted by atomic mass is 16.5. The normalized spacial score (nSPS) is 15.7. The largest absolute Gasteiger partial charge is 0.492 e. The summed E-state index contributed by atoms with van der Waals surface area (Å²) in [6, 6.07) is 14.8. The minimum atomic E-state index is 0.121. The van der Waals surface area contributed by atoms with E-state index in [1.54, 1.807) is 0 Å². The zero-order valence-corrected chi connectivity index (χ0v) is 18.7. The number of piperidine rings is 1. The summed E-state index contributed by atoms with van der Waals surface area (Å²) < 4.78 is 5.93. The molecule has 0 aliphatic carbocycles. The van der Waals surface area contributed by atoms with Crippen molar-refractivity contribution >= 4 is 11.8 Å². The SMILES string of the molecule is CN=C(NCCOc1cccc(C(C)(C)C)c1)NC1CCN(c2ccccn2)CC1. The number of aliphatic imine (C=N–C) groups is 1. The van der Waals surface area contributed by atoms with Crippen molar-refractivity contribution < 1.29 is 4.74 Å². The Morgan fingerprint density at radius 1 is 1.17 bits per heavy atom. The third-order valence-electron chi connectivity index (χ3n) is 5.40. The van der Waals surface area contributed by atoms with Crippen molar-refractivity contribution in [2.75, 3.05) is 38.2 Å². The molecule has 2 N–H and O–H groups in total. The van der Waals surface area contributed by atoms with Crippen molar-refractivity contribution in [1.82, 2.24) is 15.6 Å². The summed E-state index contributed by atoms with van der Waals surface area (Å²) in [5, 5.41) is 6.90. The summed E-state index contributed by atoms with van der Waals surface area (Å²) in [6.45, 7) is 9.93. The Morgan fingerprint density at radius 3 is 2.63 bits per heavy atom. The van der Waals surface area contributed by atoms with Gasteiger partial charge >= 0.3 is 0 Å². The number of anilines is 1. The molecule has 0 unspecified atom stereocenters. The maximum atomic E-state index is 5.93. The summed E-state index contributed by atoms with van der Waals surface area (Å²) in [7, 11) is 1.81. The van der Waals surface area contributed by atoms with Gasteiger partial charge in [-0.2, -0.15) is 0 Å². The van der Waals surface area contributed by atoms with Crippen molar-refractivity contribution in [3.05, 3.63) is 54.2 Å². The molecule has 2 aromatic rings. The predicted molar refractivity (Wildman–Crippen MR) is 125 cm³/mol. The summed E-state index contributed by atoms with van der Waals surface area (Å²) in [4.78, 5) is 11.2. The van der Waals surface area contributed by atoms with Crippen molar-refractivity contribution in [3.63, 3.8) is 0 Å².